The van der Waals surface area contributed by atoms with E-state index in [4.69, 9.17) is 11.6 Å². The number of amides is 1. The molecular formula is C16H14ClN5OS. The topological polar surface area (TPSA) is 72.7 Å². The van der Waals surface area contributed by atoms with E-state index >= 15 is 0 Å². The number of anilines is 1. The molecule has 122 valence electrons. The van der Waals surface area contributed by atoms with Gasteiger partial charge in [0.15, 0.2) is 0 Å². The predicted molar refractivity (Wildman–Crippen MR) is 94.7 cm³/mol. The van der Waals surface area contributed by atoms with E-state index in [9.17, 15) is 4.79 Å². The van der Waals surface area contributed by atoms with Gasteiger partial charge in [0.2, 0.25) is 11.1 Å². The van der Waals surface area contributed by atoms with Crippen LogP contribution in [0.5, 0.6) is 0 Å². The number of benzene rings is 2. The van der Waals surface area contributed by atoms with Crippen LogP contribution in [0.4, 0.5) is 5.69 Å². The molecule has 3 rings (SSSR count). The molecule has 6 nitrogen and oxygen atoms in total. The number of aromatic nitrogens is 4. The lowest BCUT2D eigenvalue weighted by atomic mass is 10.2. The second-order valence-electron chi connectivity index (χ2n) is 5.00. The fourth-order valence-electron chi connectivity index (χ4n) is 2.05. The molecular weight excluding hydrogens is 346 g/mol. The van der Waals surface area contributed by atoms with E-state index in [1.165, 1.54) is 11.8 Å². The summed E-state index contributed by atoms with van der Waals surface area (Å²) in [6.07, 6.45) is 0. The van der Waals surface area contributed by atoms with Crippen molar-refractivity contribution >= 4 is 35.0 Å². The third-order valence-electron chi connectivity index (χ3n) is 3.25. The molecule has 8 heteroatoms. The molecule has 0 saturated heterocycles. The molecule has 24 heavy (non-hydrogen) atoms. The number of hydrogen-bond acceptors (Lipinski definition) is 5. The van der Waals surface area contributed by atoms with Gasteiger partial charge >= 0.3 is 0 Å². The van der Waals surface area contributed by atoms with Gasteiger partial charge in [-0.3, -0.25) is 4.79 Å². The molecule has 0 unspecified atom stereocenters. The second kappa shape index (κ2) is 7.46. The lowest BCUT2D eigenvalue weighted by Gasteiger charge is -2.08. The second-order valence-corrected chi connectivity index (χ2v) is 6.38. The number of aryl methyl sites for hydroxylation is 1. The number of para-hydroxylation sites is 1. The molecule has 0 spiro atoms. The van der Waals surface area contributed by atoms with E-state index < -0.39 is 0 Å². The van der Waals surface area contributed by atoms with Gasteiger partial charge in [-0.15, -0.1) is 5.10 Å². The third kappa shape index (κ3) is 3.93. The van der Waals surface area contributed by atoms with Crippen molar-refractivity contribution < 1.29 is 4.79 Å². The predicted octanol–water partition coefficient (Wildman–Crippen LogP) is 3.35. The highest BCUT2D eigenvalue weighted by atomic mass is 35.5. The summed E-state index contributed by atoms with van der Waals surface area (Å²) >= 11 is 7.23. The normalized spacial score (nSPS) is 10.6. The van der Waals surface area contributed by atoms with Gasteiger partial charge in [0.25, 0.3) is 0 Å². The summed E-state index contributed by atoms with van der Waals surface area (Å²) in [4.78, 5) is 12.2. The Balaban J connectivity index is 1.65. The summed E-state index contributed by atoms with van der Waals surface area (Å²) in [7, 11) is 0. The quantitative estimate of drug-likeness (QED) is 0.707. The van der Waals surface area contributed by atoms with Gasteiger partial charge in [-0.1, -0.05) is 47.6 Å². The zero-order chi connectivity index (χ0) is 16.9. The van der Waals surface area contributed by atoms with Crippen LogP contribution < -0.4 is 5.32 Å². The van der Waals surface area contributed by atoms with E-state index in [1.807, 2.05) is 43.3 Å². The number of tetrazole rings is 1. The summed E-state index contributed by atoms with van der Waals surface area (Å²) in [5.74, 6) is 0.0482. The Morgan fingerprint density at radius 2 is 2.04 bits per heavy atom. The minimum atomic E-state index is -0.145. The number of rotatable bonds is 5. The lowest BCUT2D eigenvalue weighted by molar-refractivity contribution is -0.113. The van der Waals surface area contributed by atoms with E-state index in [2.05, 4.69) is 20.8 Å². The number of halogens is 1. The van der Waals surface area contributed by atoms with Crippen LogP contribution in [0.3, 0.4) is 0 Å². The average molecular weight is 360 g/mol. The summed E-state index contributed by atoms with van der Waals surface area (Å²) < 4.78 is 1.60. The number of carbonyl (C=O) groups is 1. The summed E-state index contributed by atoms with van der Waals surface area (Å²) in [5.41, 5.74) is 2.50. The number of hydrogen-bond donors (Lipinski definition) is 1. The maximum Gasteiger partial charge on any atom is 0.234 e. The molecule has 0 radical (unpaired) electrons. The molecule has 0 bridgehead atoms. The lowest BCUT2D eigenvalue weighted by Crippen LogP contribution is -2.15. The van der Waals surface area contributed by atoms with Crippen molar-refractivity contribution in [1.82, 2.24) is 20.2 Å². The van der Waals surface area contributed by atoms with Crippen LogP contribution in [0.1, 0.15) is 5.56 Å². The Hall–Kier alpha value is -2.38. The Bertz CT molecular complexity index is 853. The minimum Gasteiger partial charge on any atom is -0.325 e. The average Bonchev–Trinajstić information content (AvgIpc) is 3.06. The largest absolute Gasteiger partial charge is 0.325 e. The molecule has 1 aromatic heterocycles. The first-order valence-electron chi connectivity index (χ1n) is 7.16. The van der Waals surface area contributed by atoms with Gasteiger partial charge < -0.3 is 5.32 Å². The van der Waals surface area contributed by atoms with Gasteiger partial charge in [0.05, 0.1) is 11.4 Å². The zero-order valence-corrected chi connectivity index (χ0v) is 14.4. The standard InChI is InChI=1S/C16H14ClN5OS/c1-11-7-8-12(17)9-14(11)18-15(23)10-24-16-19-20-21-22(16)13-5-3-2-4-6-13/h2-9H,10H2,1H3,(H,18,23). The number of nitrogens with zero attached hydrogens (tertiary/aromatic N) is 4. The number of carbonyl (C=O) groups excluding carboxylic acids is 1. The highest BCUT2D eigenvalue weighted by molar-refractivity contribution is 7.99. The van der Waals surface area contributed by atoms with Gasteiger partial charge in [0.1, 0.15) is 0 Å². The van der Waals surface area contributed by atoms with Crippen molar-refractivity contribution in [3.63, 3.8) is 0 Å². The monoisotopic (exact) mass is 359 g/mol. The van der Waals surface area contributed by atoms with Crippen LogP contribution in [-0.4, -0.2) is 31.9 Å². The zero-order valence-electron chi connectivity index (χ0n) is 12.8. The van der Waals surface area contributed by atoms with E-state index in [1.54, 1.807) is 16.8 Å². The van der Waals surface area contributed by atoms with Crippen molar-refractivity contribution in [3.05, 3.63) is 59.1 Å². The van der Waals surface area contributed by atoms with Crippen LogP contribution in [-0.2, 0) is 4.79 Å². The number of nitrogens with one attached hydrogen (secondary N) is 1. The maximum atomic E-state index is 12.2. The van der Waals surface area contributed by atoms with Crippen molar-refractivity contribution in [3.8, 4) is 5.69 Å². The maximum absolute atomic E-state index is 12.2. The fourth-order valence-corrected chi connectivity index (χ4v) is 2.91. The highest BCUT2D eigenvalue weighted by Crippen LogP contribution is 2.22. The van der Waals surface area contributed by atoms with E-state index in [0.717, 1.165) is 11.3 Å². The Morgan fingerprint density at radius 3 is 2.83 bits per heavy atom. The molecule has 0 atom stereocenters. The van der Waals surface area contributed by atoms with Crippen LogP contribution >= 0.6 is 23.4 Å². The van der Waals surface area contributed by atoms with Crippen molar-refractivity contribution in [2.24, 2.45) is 0 Å². The van der Waals surface area contributed by atoms with Gasteiger partial charge in [0, 0.05) is 10.7 Å². The van der Waals surface area contributed by atoms with E-state index in [0.29, 0.717) is 15.9 Å². The van der Waals surface area contributed by atoms with Gasteiger partial charge in [-0.25, -0.2) is 0 Å². The molecule has 1 amide bonds. The molecule has 2 aromatic carbocycles. The smallest absolute Gasteiger partial charge is 0.234 e. The van der Waals surface area contributed by atoms with Crippen LogP contribution in [0.25, 0.3) is 5.69 Å². The first-order chi connectivity index (χ1) is 11.6. The number of thioether (sulfide) groups is 1. The minimum absolute atomic E-state index is 0.145. The molecule has 0 fully saturated rings. The molecule has 0 aliphatic rings. The first-order valence-corrected chi connectivity index (χ1v) is 8.52. The van der Waals surface area contributed by atoms with Crippen molar-refractivity contribution in [1.29, 1.82) is 0 Å². The molecule has 3 aromatic rings. The molecule has 1 heterocycles. The highest BCUT2D eigenvalue weighted by Gasteiger charge is 2.12. The van der Waals surface area contributed by atoms with Crippen LogP contribution in [0, 0.1) is 6.92 Å². The molecule has 1 N–H and O–H groups in total. The fraction of sp³-hybridized carbons (Fsp3) is 0.125. The third-order valence-corrected chi connectivity index (χ3v) is 4.40. The SMILES string of the molecule is Cc1ccc(Cl)cc1NC(=O)CSc1nnnn1-c1ccccc1. The summed E-state index contributed by atoms with van der Waals surface area (Å²) in [6.45, 7) is 1.91. The van der Waals surface area contributed by atoms with Crippen molar-refractivity contribution in [2.75, 3.05) is 11.1 Å². The Kier molecular flexibility index (Phi) is 5.12. The van der Waals surface area contributed by atoms with Crippen LogP contribution in [0.15, 0.2) is 53.7 Å². The van der Waals surface area contributed by atoms with E-state index in [-0.39, 0.29) is 11.7 Å². The van der Waals surface area contributed by atoms with Gasteiger partial charge in [-0.2, -0.15) is 4.68 Å². The molecule has 0 aliphatic heterocycles. The van der Waals surface area contributed by atoms with Gasteiger partial charge in [-0.05, 0) is 47.2 Å². The Labute approximate surface area is 148 Å². The van der Waals surface area contributed by atoms with Crippen LogP contribution in [0.2, 0.25) is 5.02 Å². The Morgan fingerprint density at radius 1 is 1.25 bits per heavy atom. The molecule has 0 saturated carbocycles. The first kappa shape index (κ1) is 16.5. The van der Waals surface area contributed by atoms with Crippen molar-refractivity contribution in [2.45, 2.75) is 12.1 Å². The summed E-state index contributed by atoms with van der Waals surface area (Å²) in [6, 6.07) is 14.9. The summed E-state index contributed by atoms with van der Waals surface area (Å²) in [5, 5.41) is 15.6. The molecule has 0 aliphatic carbocycles.